The van der Waals surface area contributed by atoms with Gasteiger partial charge in [0.25, 0.3) is 5.91 Å². The van der Waals surface area contributed by atoms with Crippen LogP contribution in [0.25, 0.3) is 10.1 Å². The van der Waals surface area contributed by atoms with Gasteiger partial charge in [-0.15, -0.1) is 11.3 Å². The van der Waals surface area contributed by atoms with Crippen LogP contribution >= 0.6 is 11.3 Å². The third-order valence-electron chi connectivity index (χ3n) is 3.87. The van der Waals surface area contributed by atoms with Gasteiger partial charge in [-0.3, -0.25) is 4.79 Å². The molecule has 1 heterocycles. The summed E-state index contributed by atoms with van der Waals surface area (Å²) in [7, 11) is 0. The van der Waals surface area contributed by atoms with Crippen molar-refractivity contribution in [1.82, 2.24) is 5.32 Å². The number of aliphatic hydroxyl groups is 1. The van der Waals surface area contributed by atoms with Crippen LogP contribution in [0.2, 0.25) is 0 Å². The topological polar surface area (TPSA) is 49.3 Å². The van der Waals surface area contributed by atoms with E-state index in [-0.39, 0.29) is 17.9 Å². The van der Waals surface area contributed by atoms with Crippen LogP contribution in [0, 0.1) is 5.41 Å². The first-order chi connectivity index (χ1) is 9.22. The molecule has 1 aliphatic carbocycles. The normalized spacial score (nSPS) is 16.5. The lowest BCUT2D eigenvalue weighted by Gasteiger charge is -2.13. The molecule has 0 aliphatic heterocycles. The lowest BCUT2D eigenvalue weighted by Crippen LogP contribution is -2.30. The Morgan fingerprint density at radius 2 is 2.16 bits per heavy atom. The average molecular weight is 275 g/mol. The second-order valence-electron chi connectivity index (χ2n) is 5.30. The van der Waals surface area contributed by atoms with E-state index in [0.717, 1.165) is 34.2 Å². The Morgan fingerprint density at radius 1 is 1.37 bits per heavy atom. The summed E-state index contributed by atoms with van der Waals surface area (Å²) in [5, 5.41) is 13.1. The Kier molecular flexibility index (Phi) is 3.29. The van der Waals surface area contributed by atoms with Crippen molar-refractivity contribution in [2.24, 2.45) is 5.41 Å². The van der Waals surface area contributed by atoms with Gasteiger partial charge in [0.05, 0.1) is 4.88 Å². The van der Waals surface area contributed by atoms with Gasteiger partial charge >= 0.3 is 0 Å². The fourth-order valence-electron chi connectivity index (χ4n) is 2.38. The molecule has 1 aromatic carbocycles. The third-order valence-corrected chi connectivity index (χ3v) is 4.99. The molecule has 2 aromatic rings. The first-order valence-corrected chi connectivity index (χ1v) is 7.42. The van der Waals surface area contributed by atoms with Crippen LogP contribution in [0.4, 0.5) is 0 Å². The van der Waals surface area contributed by atoms with E-state index >= 15 is 0 Å². The van der Waals surface area contributed by atoms with Crippen LogP contribution in [-0.2, 0) is 0 Å². The molecule has 100 valence electrons. The summed E-state index contributed by atoms with van der Waals surface area (Å²) >= 11 is 1.53. The lowest BCUT2D eigenvalue weighted by molar-refractivity contribution is 0.0945. The van der Waals surface area contributed by atoms with Crippen LogP contribution in [0.5, 0.6) is 0 Å². The number of aliphatic hydroxyl groups excluding tert-OH is 1. The Labute approximate surface area is 116 Å². The molecule has 0 bridgehead atoms. The number of hydrogen-bond acceptors (Lipinski definition) is 3. The SMILES string of the molecule is O=C(NCC1(CCO)CC1)c1cc2ccccc2s1. The predicted molar refractivity (Wildman–Crippen MR) is 77.5 cm³/mol. The monoisotopic (exact) mass is 275 g/mol. The van der Waals surface area contributed by atoms with Gasteiger partial charge < -0.3 is 10.4 Å². The van der Waals surface area contributed by atoms with Crippen molar-refractivity contribution < 1.29 is 9.90 Å². The summed E-state index contributed by atoms with van der Waals surface area (Å²) in [5.41, 5.74) is 0.168. The van der Waals surface area contributed by atoms with Crippen molar-refractivity contribution in [2.45, 2.75) is 19.3 Å². The zero-order valence-electron chi connectivity index (χ0n) is 10.7. The van der Waals surface area contributed by atoms with E-state index < -0.39 is 0 Å². The molecule has 0 radical (unpaired) electrons. The molecule has 0 atom stereocenters. The van der Waals surface area contributed by atoms with Gasteiger partial charge in [0.1, 0.15) is 0 Å². The molecule has 4 heteroatoms. The van der Waals surface area contributed by atoms with Crippen molar-refractivity contribution in [1.29, 1.82) is 0 Å². The molecule has 3 rings (SSSR count). The molecule has 2 N–H and O–H groups in total. The predicted octanol–water partition coefficient (Wildman–Crippen LogP) is 2.79. The molecule has 1 aromatic heterocycles. The minimum absolute atomic E-state index is 0.00501. The molecule has 1 aliphatic rings. The number of thiophene rings is 1. The second-order valence-corrected chi connectivity index (χ2v) is 6.39. The van der Waals surface area contributed by atoms with E-state index in [0.29, 0.717) is 6.54 Å². The number of amides is 1. The largest absolute Gasteiger partial charge is 0.396 e. The average Bonchev–Trinajstić information content (AvgIpc) is 3.04. The summed E-state index contributed by atoms with van der Waals surface area (Å²) in [6.45, 7) is 0.888. The van der Waals surface area contributed by atoms with Crippen LogP contribution in [-0.4, -0.2) is 24.2 Å². The van der Waals surface area contributed by atoms with Gasteiger partial charge in [-0.2, -0.15) is 0 Å². The fourth-order valence-corrected chi connectivity index (χ4v) is 3.36. The van der Waals surface area contributed by atoms with Crippen molar-refractivity contribution in [3.63, 3.8) is 0 Å². The number of carbonyl (C=O) groups excluding carboxylic acids is 1. The van der Waals surface area contributed by atoms with Crippen LogP contribution in [0.15, 0.2) is 30.3 Å². The lowest BCUT2D eigenvalue weighted by atomic mass is 10.0. The molecular weight excluding hydrogens is 258 g/mol. The number of fused-ring (bicyclic) bond motifs is 1. The summed E-state index contributed by atoms with van der Waals surface area (Å²) in [6, 6.07) is 9.97. The zero-order valence-corrected chi connectivity index (χ0v) is 11.5. The first-order valence-electron chi connectivity index (χ1n) is 6.60. The maximum absolute atomic E-state index is 12.1. The maximum Gasteiger partial charge on any atom is 0.261 e. The molecule has 0 spiro atoms. The highest BCUT2D eigenvalue weighted by molar-refractivity contribution is 7.20. The Bertz CT molecular complexity index is 568. The van der Waals surface area contributed by atoms with Crippen molar-refractivity contribution in [3.05, 3.63) is 35.2 Å². The molecule has 3 nitrogen and oxygen atoms in total. The van der Waals surface area contributed by atoms with Gasteiger partial charge in [0, 0.05) is 17.9 Å². The van der Waals surface area contributed by atoms with Crippen molar-refractivity contribution >= 4 is 27.3 Å². The van der Waals surface area contributed by atoms with E-state index in [1.165, 1.54) is 11.3 Å². The smallest absolute Gasteiger partial charge is 0.261 e. The van der Waals surface area contributed by atoms with Gasteiger partial charge in [0.2, 0.25) is 0 Å². The molecule has 1 amide bonds. The van der Waals surface area contributed by atoms with Gasteiger partial charge in [-0.1, -0.05) is 18.2 Å². The fraction of sp³-hybridized carbons (Fsp3) is 0.400. The summed E-state index contributed by atoms with van der Waals surface area (Å²) < 4.78 is 1.14. The van der Waals surface area contributed by atoms with Gasteiger partial charge in [-0.25, -0.2) is 0 Å². The summed E-state index contributed by atoms with van der Waals surface area (Å²) in [4.78, 5) is 12.9. The number of rotatable bonds is 5. The Morgan fingerprint density at radius 3 is 2.84 bits per heavy atom. The van der Waals surface area contributed by atoms with Crippen molar-refractivity contribution in [3.8, 4) is 0 Å². The zero-order chi connectivity index (χ0) is 13.3. The van der Waals surface area contributed by atoms with Crippen LogP contribution in [0.3, 0.4) is 0 Å². The molecular formula is C15H17NO2S. The highest BCUT2D eigenvalue weighted by Gasteiger charge is 2.41. The van der Waals surface area contributed by atoms with Gasteiger partial charge in [-0.05, 0) is 42.2 Å². The van der Waals surface area contributed by atoms with E-state index in [2.05, 4.69) is 5.32 Å². The Hall–Kier alpha value is -1.39. The maximum atomic E-state index is 12.1. The van der Waals surface area contributed by atoms with E-state index in [4.69, 9.17) is 5.11 Å². The number of nitrogens with one attached hydrogen (secondary N) is 1. The standard InChI is InChI=1S/C15H17NO2S/c17-8-7-15(5-6-15)10-16-14(18)13-9-11-3-1-2-4-12(11)19-13/h1-4,9,17H,5-8,10H2,(H,16,18). The quantitative estimate of drug-likeness (QED) is 0.881. The van der Waals surface area contributed by atoms with E-state index in [1.807, 2.05) is 30.3 Å². The molecule has 19 heavy (non-hydrogen) atoms. The molecule has 0 saturated heterocycles. The van der Waals surface area contributed by atoms with E-state index in [9.17, 15) is 4.79 Å². The summed E-state index contributed by atoms with van der Waals surface area (Å²) in [6.07, 6.45) is 3.01. The number of benzene rings is 1. The second kappa shape index (κ2) is 4.94. The highest BCUT2D eigenvalue weighted by Crippen LogP contribution is 2.47. The van der Waals surface area contributed by atoms with Gasteiger partial charge in [0.15, 0.2) is 0 Å². The summed E-state index contributed by atoms with van der Waals surface area (Å²) in [5.74, 6) is 0.00501. The third kappa shape index (κ3) is 2.65. The molecule has 0 unspecified atom stereocenters. The highest BCUT2D eigenvalue weighted by atomic mass is 32.1. The molecule has 1 fully saturated rings. The van der Waals surface area contributed by atoms with E-state index in [1.54, 1.807) is 0 Å². The van der Waals surface area contributed by atoms with Crippen LogP contribution in [0.1, 0.15) is 28.9 Å². The first kappa shape index (κ1) is 12.6. The minimum Gasteiger partial charge on any atom is -0.396 e. The van der Waals surface area contributed by atoms with Crippen LogP contribution < -0.4 is 5.32 Å². The number of hydrogen-bond donors (Lipinski definition) is 2. The molecule has 1 saturated carbocycles. The Balaban J connectivity index is 1.67. The van der Waals surface area contributed by atoms with Crippen molar-refractivity contribution in [2.75, 3.05) is 13.2 Å². The number of carbonyl (C=O) groups is 1. The minimum atomic E-state index is 0.00501.